The zero-order valence-corrected chi connectivity index (χ0v) is 13.3. The molecule has 116 valence electrons. The van der Waals surface area contributed by atoms with Crippen molar-refractivity contribution in [2.45, 2.75) is 37.1 Å². The van der Waals surface area contributed by atoms with E-state index in [2.05, 4.69) is 0 Å². The number of aliphatic carboxylic acids is 1. The van der Waals surface area contributed by atoms with E-state index in [1.165, 1.54) is 14.2 Å². The van der Waals surface area contributed by atoms with E-state index in [0.29, 0.717) is 29.7 Å². The number of hydrogen-bond donors (Lipinski definition) is 1. The van der Waals surface area contributed by atoms with Crippen LogP contribution in [0.25, 0.3) is 0 Å². The van der Waals surface area contributed by atoms with Crippen molar-refractivity contribution in [2.24, 2.45) is 0 Å². The Labute approximate surface area is 124 Å². The van der Waals surface area contributed by atoms with Crippen LogP contribution < -0.4 is 4.74 Å². The van der Waals surface area contributed by atoms with Gasteiger partial charge in [0.05, 0.1) is 12.0 Å². The Bertz CT molecular complexity index is 668. The molecule has 0 atom stereocenters. The van der Waals surface area contributed by atoms with Gasteiger partial charge in [0.15, 0.2) is 0 Å². The van der Waals surface area contributed by atoms with Gasteiger partial charge in [-0.2, -0.15) is 4.31 Å². The van der Waals surface area contributed by atoms with Gasteiger partial charge in [-0.15, -0.1) is 0 Å². The number of rotatable bonds is 5. The Morgan fingerprint density at radius 2 is 1.76 bits per heavy atom. The molecule has 0 radical (unpaired) electrons. The first kappa shape index (κ1) is 15.8. The van der Waals surface area contributed by atoms with Gasteiger partial charge < -0.3 is 9.84 Å². The zero-order chi connectivity index (χ0) is 16.0. The van der Waals surface area contributed by atoms with Gasteiger partial charge in [-0.3, -0.25) is 4.79 Å². The molecule has 2 rings (SSSR count). The third-order valence-corrected chi connectivity index (χ3v) is 6.24. The van der Waals surface area contributed by atoms with E-state index < -0.39 is 21.5 Å². The second-order valence-electron chi connectivity index (χ2n) is 5.40. The van der Waals surface area contributed by atoms with Crippen LogP contribution in [0.5, 0.6) is 5.75 Å². The Hall–Kier alpha value is -1.60. The predicted molar refractivity (Wildman–Crippen MR) is 77.0 cm³/mol. The number of ether oxygens (including phenoxy) is 1. The lowest BCUT2D eigenvalue weighted by Gasteiger charge is -2.25. The number of likely N-dealkylation sites (N-methyl/N-ethyl adjacent to an activating group) is 1. The van der Waals surface area contributed by atoms with Crippen molar-refractivity contribution in [2.75, 3.05) is 14.2 Å². The molecular formula is C14H19NO5S. The molecule has 0 amide bonds. The summed E-state index contributed by atoms with van der Waals surface area (Å²) in [5, 5.41) is 9.28. The van der Waals surface area contributed by atoms with Gasteiger partial charge in [-0.1, -0.05) is 0 Å². The summed E-state index contributed by atoms with van der Waals surface area (Å²) in [6.45, 7) is 3.35. The summed E-state index contributed by atoms with van der Waals surface area (Å²) < 4.78 is 31.7. The van der Waals surface area contributed by atoms with Crippen molar-refractivity contribution < 1.29 is 23.1 Å². The van der Waals surface area contributed by atoms with Gasteiger partial charge in [0, 0.05) is 7.05 Å². The molecule has 0 aromatic heterocycles. The van der Waals surface area contributed by atoms with Crippen molar-refractivity contribution in [3.8, 4) is 5.75 Å². The average Bonchev–Trinajstić information content (AvgIpc) is 3.17. The molecule has 1 aliphatic carbocycles. The first-order valence-corrected chi connectivity index (χ1v) is 7.98. The maximum atomic E-state index is 12.8. The molecule has 1 aromatic carbocycles. The Kier molecular flexibility index (Phi) is 3.75. The van der Waals surface area contributed by atoms with E-state index in [9.17, 15) is 18.3 Å². The van der Waals surface area contributed by atoms with E-state index in [0.717, 1.165) is 4.31 Å². The lowest BCUT2D eigenvalue weighted by molar-refractivity contribution is -0.142. The SMILES string of the molecule is COc1cc(C)c(S(=O)(=O)N(C)C2(C(=O)O)CC2)c(C)c1. The fourth-order valence-electron chi connectivity index (χ4n) is 2.58. The summed E-state index contributed by atoms with van der Waals surface area (Å²) in [6, 6.07) is 3.27. The van der Waals surface area contributed by atoms with Crippen LogP contribution in [0.1, 0.15) is 24.0 Å². The number of carbonyl (C=O) groups is 1. The number of benzene rings is 1. The molecule has 1 aromatic rings. The summed E-state index contributed by atoms with van der Waals surface area (Å²) in [4.78, 5) is 11.5. The molecule has 1 aliphatic rings. The van der Waals surface area contributed by atoms with Crippen molar-refractivity contribution in [1.82, 2.24) is 4.31 Å². The molecule has 21 heavy (non-hydrogen) atoms. The topological polar surface area (TPSA) is 83.9 Å². The van der Waals surface area contributed by atoms with Gasteiger partial charge in [-0.05, 0) is 49.9 Å². The summed E-state index contributed by atoms with van der Waals surface area (Å²) in [5.74, 6) is -0.525. The minimum atomic E-state index is -3.87. The highest BCUT2D eigenvalue weighted by molar-refractivity contribution is 7.89. The largest absolute Gasteiger partial charge is 0.497 e. The van der Waals surface area contributed by atoms with Gasteiger partial charge >= 0.3 is 5.97 Å². The number of methoxy groups -OCH3 is 1. The molecule has 0 saturated heterocycles. The number of sulfonamides is 1. The third kappa shape index (κ3) is 2.40. The van der Waals surface area contributed by atoms with Crippen molar-refractivity contribution >= 4 is 16.0 Å². The Morgan fingerprint density at radius 3 is 2.10 bits per heavy atom. The molecule has 0 unspecified atom stereocenters. The maximum Gasteiger partial charge on any atom is 0.325 e. The highest BCUT2D eigenvalue weighted by atomic mass is 32.2. The minimum absolute atomic E-state index is 0.151. The second kappa shape index (κ2) is 4.99. The molecule has 0 aliphatic heterocycles. The lowest BCUT2D eigenvalue weighted by atomic mass is 10.1. The fraction of sp³-hybridized carbons (Fsp3) is 0.500. The number of carboxylic acids is 1. The highest BCUT2D eigenvalue weighted by Crippen LogP contribution is 2.44. The van der Waals surface area contributed by atoms with Crippen LogP contribution in [0.2, 0.25) is 0 Å². The number of aryl methyl sites for hydroxylation is 2. The molecule has 0 heterocycles. The van der Waals surface area contributed by atoms with Gasteiger partial charge in [0.25, 0.3) is 0 Å². The quantitative estimate of drug-likeness (QED) is 0.891. The molecular weight excluding hydrogens is 294 g/mol. The number of hydrogen-bond acceptors (Lipinski definition) is 4. The first-order chi connectivity index (χ1) is 9.66. The van der Waals surface area contributed by atoms with E-state index in [1.54, 1.807) is 26.0 Å². The zero-order valence-electron chi connectivity index (χ0n) is 12.5. The average molecular weight is 313 g/mol. The first-order valence-electron chi connectivity index (χ1n) is 6.54. The second-order valence-corrected chi connectivity index (χ2v) is 7.31. The van der Waals surface area contributed by atoms with Gasteiger partial charge in [0.2, 0.25) is 10.0 Å². The lowest BCUT2D eigenvalue weighted by Crippen LogP contribution is -2.44. The van der Waals surface area contributed by atoms with E-state index in [1.807, 2.05) is 0 Å². The van der Waals surface area contributed by atoms with E-state index in [-0.39, 0.29) is 4.90 Å². The Balaban J connectivity index is 2.53. The predicted octanol–water partition coefficient (Wildman–Crippen LogP) is 1.55. The molecule has 7 heteroatoms. The van der Waals surface area contributed by atoms with Crippen LogP contribution in [-0.4, -0.2) is 43.5 Å². The van der Waals surface area contributed by atoms with E-state index >= 15 is 0 Å². The Morgan fingerprint density at radius 1 is 1.29 bits per heavy atom. The molecule has 1 N–H and O–H groups in total. The van der Waals surface area contributed by atoms with Crippen LogP contribution in [0.15, 0.2) is 17.0 Å². The molecule has 1 fully saturated rings. The molecule has 0 bridgehead atoms. The highest BCUT2D eigenvalue weighted by Gasteiger charge is 2.58. The summed E-state index contributed by atoms with van der Waals surface area (Å²) in [6.07, 6.45) is 0.679. The number of nitrogens with zero attached hydrogens (tertiary/aromatic N) is 1. The van der Waals surface area contributed by atoms with Crippen molar-refractivity contribution in [3.63, 3.8) is 0 Å². The van der Waals surface area contributed by atoms with Crippen LogP contribution in [0.3, 0.4) is 0 Å². The monoisotopic (exact) mass is 313 g/mol. The van der Waals surface area contributed by atoms with Crippen LogP contribution >= 0.6 is 0 Å². The van der Waals surface area contributed by atoms with Crippen LogP contribution in [-0.2, 0) is 14.8 Å². The van der Waals surface area contributed by atoms with Crippen molar-refractivity contribution in [3.05, 3.63) is 23.3 Å². The molecule has 1 saturated carbocycles. The standard InChI is InChI=1S/C14H19NO5S/c1-9-7-11(20-4)8-10(2)12(9)21(18,19)15(3)14(5-6-14)13(16)17/h7-8H,5-6H2,1-4H3,(H,16,17). The fourth-order valence-corrected chi connectivity index (χ4v) is 4.51. The van der Waals surface area contributed by atoms with Gasteiger partial charge in [-0.25, -0.2) is 8.42 Å². The third-order valence-electron chi connectivity index (χ3n) is 4.01. The normalized spacial score (nSPS) is 16.8. The maximum absolute atomic E-state index is 12.8. The molecule has 0 spiro atoms. The van der Waals surface area contributed by atoms with Crippen molar-refractivity contribution in [1.29, 1.82) is 0 Å². The van der Waals surface area contributed by atoms with Crippen LogP contribution in [0, 0.1) is 13.8 Å². The smallest absolute Gasteiger partial charge is 0.325 e. The van der Waals surface area contributed by atoms with Crippen LogP contribution in [0.4, 0.5) is 0 Å². The van der Waals surface area contributed by atoms with E-state index in [4.69, 9.17) is 4.74 Å². The summed E-state index contributed by atoms with van der Waals surface area (Å²) in [7, 11) is -1.02. The summed E-state index contributed by atoms with van der Waals surface area (Å²) >= 11 is 0. The minimum Gasteiger partial charge on any atom is -0.497 e. The summed E-state index contributed by atoms with van der Waals surface area (Å²) in [5.41, 5.74) is -0.211. The van der Waals surface area contributed by atoms with Gasteiger partial charge in [0.1, 0.15) is 11.3 Å². The molecule has 6 nitrogen and oxygen atoms in total. The number of carboxylic acid groups (broad SMARTS) is 1.